The van der Waals surface area contributed by atoms with Gasteiger partial charge in [-0.2, -0.15) is 0 Å². The van der Waals surface area contributed by atoms with Crippen molar-refractivity contribution in [2.24, 2.45) is 5.73 Å². The maximum Gasteiger partial charge on any atom is 0.326 e. The summed E-state index contributed by atoms with van der Waals surface area (Å²) in [5.74, 6) is -3.42. The lowest BCUT2D eigenvalue weighted by Gasteiger charge is -2.16. The average molecular weight is 286 g/mol. The van der Waals surface area contributed by atoms with Gasteiger partial charge in [-0.1, -0.05) is 0 Å². The molecule has 20 heavy (non-hydrogen) atoms. The summed E-state index contributed by atoms with van der Waals surface area (Å²) in [4.78, 5) is 56.2. The molecular formula is C10H14N4O6. The van der Waals surface area contributed by atoms with Gasteiger partial charge in [0.15, 0.2) is 0 Å². The lowest BCUT2D eigenvalue weighted by atomic mass is 10.1. The Morgan fingerprint density at radius 1 is 1.40 bits per heavy atom. The summed E-state index contributed by atoms with van der Waals surface area (Å²) in [6, 6.07) is -2.02. The van der Waals surface area contributed by atoms with Crippen molar-refractivity contribution in [1.29, 1.82) is 0 Å². The van der Waals surface area contributed by atoms with E-state index < -0.39 is 42.3 Å². The van der Waals surface area contributed by atoms with Crippen molar-refractivity contribution in [2.75, 3.05) is 13.1 Å². The van der Waals surface area contributed by atoms with Gasteiger partial charge in [0.25, 0.3) is 5.91 Å². The fourth-order valence-corrected chi connectivity index (χ4v) is 1.54. The Bertz CT molecular complexity index is 447. The van der Waals surface area contributed by atoms with Crippen LogP contribution in [-0.4, -0.2) is 58.9 Å². The van der Waals surface area contributed by atoms with E-state index in [0.29, 0.717) is 4.90 Å². The topological polar surface area (TPSA) is 159 Å². The van der Waals surface area contributed by atoms with Crippen molar-refractivity contribution >= 4 is 29.7 Å². The van der Waals surface area contributed by atoms with Crippen molar-refractivity contribution in [1.82, 2.24) is 15.5 Å². The molecule has 0 bridgehead atoms. The molecule has 5 amide bonds. The highest BCUT2D eigenvalue weighted by Crippen LogP contribution is 2.01. The number of carboxylic acids is 1. The van der Waals surface area contributed by atoms with Crippen LogP contribution in [0.25, 0.3) is 0 Å². The highest BCUT2D eigenvalue weighted by Gasteiger charge is 2.31. The Kier molecular flexibility index (Phi) is 5.01. The van der Waals surface area contributed by atoms with Gasteiger partial charge in [-0.05, 0) is 6.42 Å². The zero-order valence-corrected chi connectivity index (χ0v) is 10.4. The number of rotatable bonds is 7. The number of nitrogens with two attached hydrogens (primary N) is 1. The largest absolute Gasteiger partial charge is 0.480 e. The fourth-order valence-electron chi connectivity index (χ4n) is 1.54. The van der Waals surface area contributed by atoms with E-state index in [0.717, 1.165) is 0 Å². The molecule has 0 aromatic heterocycles. The second-order valence-electron chi connectivity index (χ2n) is 4.10. The smallest absolute Gasteiger partial charge is 0.326 e. The molecule has 10 nitrogen and oxygen atoms in total. The molecule has 0 aromatic rings. The maximum absolute atomic E-state index is 11.6. The van der Waals surface area contributed by atoms with E-state index in [4.69, 9.17) is 10.8 Å². The number of nitrogens with zero attached hydrogens (tertiary/aromatic N) is 1. The second-order valence-corrected chi connectivity index (χ2v) is 4.10. The van der Waals surface area contributed by atoms with Gasteiger partial charge < -0.3 is 21.5 Å². The number of aliphatic carboxylic acids is 1. The van der Waals surface area contributed by atoms with Crippen LogP contribution in [0.3, 0.4) is 0 Å². The lowest BCUT2D eigenvalue weighted by Crippen LogP contribution is -2.47. The van der Waals surface area contributed by atoms with Crippen LogP contribution in [0.4, 0.5) is 4.79 Å². The molecule has 1 rings (SSSR count). The Hall–Kier alpha value is -2.65. The first kappa shape index (κ1) is 15.4. The minimum absolute atomic E-state index is 0.170. The predicted octanol–water partition coefficient (Wildman–Crippen LogP) is -2.63. The van der Waals surface area contributed by atoms with E-state index >= 15 is 0 Å². The minimum Gasteiger partial charge on any atom is -0.480 e. The maximum atomic E-state index is 11.6. The van der Waals surface area contributed by atoms with Crippen molar-refractivity contribution in [3.8, 4) is 0 Å². The number of hydrogen-bond donors (Lipinski definition) is 4. The monoisotopic (exact) mass is 286 g/mol. The molecule has 0 aromatic carbocycles. The third-order valence-electron chi connectivity index (χ3n) is 2.55. The second kappa shape index (κ2) is 6.50. The number of carbonyl (C=O) groups is 5. The molecule has 1 heterocycles. The quantitative estimate of drug-likeness (QED) is 0.375. The number of hydrogen-bond acceptors (Lipinski definition) is 5. The summed E-state index contributed by atoms with van der Waals surface area (Å²) in [5, 5.41) is 13.2. The van der Waals surface area contributed by atoms with Crippen LogP contribution in [0.15, 0.2) is 0 Å². The Balaban J connectivity index is 2.53. The fraction of sp³-hybridized carbons (Fsp3) is 0.500. The first-order valence-electron chi connectivity index (χ1n) is 5.70. The molecule has 1 atom stereocenters. The first-order valence-corrected chi connectivity index (χ1v) is 5.70. The molecule has 1 saturated heterocycles. The first-order chi connectivity index (χ1) is 9.31. The normalized spacial score (nSPS) is 15.7. The average Bonchev–Trinajstić information content (AvgIpc) is 2.65. The van der Waals surface area contributed by atoms with Gasteiger partial charge >= 0.3 is 12.0 Å². The number of imide groups is 1. The number of urea groups is 1. The van der Waals surface area contributed by atoms with Crippen LogP contribution in [0.5, 0.6) is 0 Å². The highest BCUT2D eigenvalue weighted by atomic mass is 16.4. The summed E-state index contributed by atoms with van der Waals surface area (Å²) >= 11 is 0. The number of amides is 5. The molecule has 1 fully saturated rings. The van der Waals surface area contributed by atoms with Crippen molar-refractivity contribution in [3.63, 3.8) is 0 Å². The molecule has 0 spiro atoms. The van der Waals surface area contributed by atoms with Crippen LogP contribution >= 0.6 is 0 Å². The van der Waals surface area contributed by atoms with Crippen LogP contribution in [-0.2, 0) is 19.2 Å². The number of carboxylic acid groups (broad SMARTS) is 1. The van der Waals surface area contributed by atoms with Gasteiger partial charge in [0.2, 0.25) is 11.8 Å². The SMILES string of the molecule is NC(=O)CCC(NC(=O)CN1C(=O)CNC1=O)C(=O)O. The van der Waals surface area contributed by atoms with Gasteiger partial charge in [0.05, 0.1) is 6.54 Å². The molecule has 1 unspecified atom stereocenters. The van der Waals surface area contributed by atoms with Gasteiger partial charge in [-0.25, -0.2) is 9.59 Å². The number of carbonyl (C=O) groups excluding carboxylic acids is 4. The van der Waals surface area contributed by atoms with E-state index in [2.05, 4.69) is 10.6 Å². The lowest BCUT2D eigenvalue weighted by molar-refractivity contribution is -0.142. The zero-order valence-electron chi connectivity index (χ0n) is 10.4. The summed E-state index contributed by atoms with van der Waals surface area (Å²) in [6.45, 7) is -0.777. The molecule has 110 valence electrons. The summed E-state index contributed by atoms with van der Waals surface area (Å²) in [7, 11) is 0. The van der Waals surface area contributed by atoms with Crippen LogP contribution < -0.4 is 16.4 Å². The summed E-state index contributed by atoms with van der Waals surface area (Å²) in [5.41, 5.74) is 4.89. The number of nitrogens with one attached hydrogen (secondary N) is 2. The van der Waals surface area contributed by atoms with E-state index in [-0.39, 0.29) is 19.4 Å². The number of primary amides is 1. The Morgan fingerprint density at radius 2 is 2.05 bits per heavy atom. The summed E-state index contributed by atoms with van der Waals surface area (Å²) < 4.78 is 0. The van der Waals surface area contributed by atoms with Gasteiger partial charge in [0, 0.05) is 6.42 Å². The highest BCUT2D eigenvalue weighted by molar-refractivity contribution is 6.04. The van der Waals surface area contributed by atoms with Gasteiger partial charge in [0.1, 0.15) is 12.6 Å². The van der Waals surface area contributed by atoms with Crippen molar-refractivity contribution in [3.05, 3.63) is 0 Å². The van der Waals surface area contributed by atoms with Crippen molar-refractivity contribution < 1.29 is 29.1 Å². The van der Waals surface area contributed by atoms with Crippen molar-refractivity contribution in [2.45, 2.75) is 18.9 Å². The van der Waals surface area contributed by atoms with E-state index in [1.807, 2.05) is 0 Å². The molecule has 1 aliphatic heterocycles. The third kappa shape index (κ3) is 4.23. The van der Waals surface area contributed by atoms with Gasteiger partial charge in [-0.3, -0.25) is 19.3 Å². The molecule has 10 heteroatoms. The Labute approximate surface area is 113 Å². The molecule has 0 aliphatic carbocycles. The zero-order chi connectivity index (χ0) is 15.3. The van der Waals surface area contributed by atoms with Crippen LogP contribution in [0, 0.1) is 0 Å². The standard InChI is InChI=1S/C10H14N4O6/c11-6(15)2-1-5(9(18)19)13-7(16)4-14-8(17)3-12-10(14)20/h5H,1-4H2,(H2,11,15)(H,12,20)(H,13,16)(H,18,19). The van der Waals surface area contributed by atoms with Crippen LogP contribution in [0.1, 0.15) is 12.8 Å². The Morgan fingerprint density at radius 3 is 2.50 bits per heavy atom. The van der Waals surface area contributed by atoms with Crippen LogP contribution in [0.2, 0.25) is 0 Å². The third-order valence-corrected chi connectivity index (χ3v) is 2.55. The molecule has 1 aliphatic rings. The van der Waals surface area contributed by atoms with Gasteiger partial charge in [-0.15, -0.1) is 0 Å². The van der Waals surface area contributed by atoms with E-state index in [1.165, 1.54) is 0 Å². The van der Waals surface area contributed by atoms with E-state index in [9.17, 15) is 24.0 Å². The molecule has 0 saturated carbocycles. The molecule has 0 radical (unpaired) electrons. The predicted molar refractivity (Wildman–Crippen MR) is 63.1 cm³/mol. The minimum atomic E-state index is -1.34. The van der Waals surface area contributed by atoms with E-state index in [1.54, 1.807) is 0 Å². The molecular weight excluding hydrogens is 272 g/mol. The molecule has 5 N–H and O–H groups in total. The summed E-state index contributed by atoms with van der Waals surface area (Å²) in [6.07, 6.45) is -0.378.